The van der Waals surface area contributed by atoms with Gasteiger partial charge in [-0.2, -0.15) is 0 Å². The number of fused-ring (bicyclic) bond motifs is 6. The lowest BCUT2D eigenvalue weighted by atomic mass is 9.81. The Balaban J connectivity index is 1.78. The number of aromatic nitrogens is 1. The van der Waals surface area contributed by atoms with Gasteiger partial charge in [0.05, 0.1) is 17.2 Å². The number of esters is 1. The zero-order valence-electron chi connectivity index (χ0n) is 16.7. The van der Waals surface area contributed by atoms with E-state index in [0.29, 0.717) is 20.8 Å². The van der Waals surface area contributed by atoms with Crippen molar-refractivity contribution in [2.24, 2.45) is 10.9 Å². The molecule has 30 heavy (non-hydrogen) atoms. The Morgan fingerprint density at radius 2 is 2.13 bits per heavy atom. The molecule has 3 aromatic rings. The second-order valence-corrected chi connectivity index (χ2v) is 8.51. The van der Waals surface area contributed by atoms with Gasteiger partial charge < -0.3 is 13.9 Å². The minimum atomic E-state index is -1.17. The average molecular weight is 424 g/mol. The van der Waals surface area contributed by atoms with Gasteiger partial charge in [-0.15, -0.1) is 0 Å². The van der Waals surface area contributed by atoms with Gasteiger partial charge in [-0.25, -0.2) is 4.99 Å². The Morgan fingerprint density at radius 3 is 2.87 bits per heavy atom. The summed E-state index contributed by atoms with van der Waals surface area (Å²) in [6.07, 6.45) is 1.71. The molecule has 3 atom stereocenters. The average Bonchev–Trinajstić information content (AvgIpc) is 3.23. The van der Waals surface area contributed by atoms with Crippen LogP contribution in [0.3, 0.4) is 0 Å². The molecule has 0 saturated heterocycles. The SMILES string of the molecule is CCOC(=O)[C@@H]1[C@H]2c3ccccc3O[C@@]1(C)N=c1s/c(=C/c3ccc(C)o3)c(=O)n12. The first-order valence-electron chi connectivity index (χ1n) is 9.75. The van der Waals surface area contributed by atoms with Crippen LogP contribution in [-0.4, -0.2) is 22.9 Å². The van der Waals surface area contributed by atoms with E-state index in [4.69, 9.17) is 18.9 Å². The fourth-order valence-electron chi connectivity index (χ4n) is 4.20. The number of aryl methyl sites for hydroxylation is 1. The molecule has 2 bridgehead atoms. The van der Waals surface area contributed by atoms with Gasteiger partial charge in [0.1, 0.15) is 23.2 Å². The molecule has 1 aromatic carbocycles. The number of ether oxygens (including phenoxy) is 2. The maximum atomic E-state index is 13.4. The number of hydrogen-bond donors (Lipinski definition) is 0. The van der Waals surface area contributed by atoms with E-state index in [1.54, 1.807) is 24.5 Å². The predicted molar refractivity (Wildman–Crippen MR) is 110 cm³/mol. The molecule has 2 aliphatic heterocycles. The van der Waals surface area contributed by atoms with Crippen LogP contribution in [0.1, 0.15) is 37.0 Å². The zero-order chi connectivity index (χ0) is 21.0. The number of para-hydroxylation sites is 1. The van der Waals surface area contributed by atoms with E-state index in [1.807, 2.05) is 43.3 Å². The van der Waals surface area contributed by atoms with Gasteiger partial charge in [0, 0.05) is 11.6 Å². The molecular formula is C22H20N2O5S. The summed E-state index contributed by atoms with van der Waals surface area (Å²) in [4.78, 5) is 31.6. The summed E-state index contributed by atoms with van der Waals surface area (Å²) in [6, 6.07) is 10.5. The maximum absolute atomic E-state index is 13.4. The lowest BCUT2D eigenvalue weighted by Crippen LogP contribution is -2.58. The van der Waals surface area contributed by atoms with Gasteiger partial charge in [-0.1, -0.05) is 29.5 Å². The molecule has 0 amide bonds. The highest BCUT2D eigenvalue weighted by molar-refractivity contribution is 7.07. The van der Waals surface area contributed by atoms with Crippen LogP contribution in [0.25, 0.3) is 6.08 Å². The summed E-state index contributed by atoms with van der Waals surface area (Å²) in [6.45, 7) is 5.61. The van der Waals surface area contributed by atoms with Crippen LogP contribution in [0, 0.1) is 12.8 Å². The van der Waals surface area contributed by atoms with Gasteiger partial charge >= 0.3 is 5.97 Å². The summed E-state index contributed by atoms with van der Waals surface area (Å²) in [7, 11) is 0. The van der Waals surface area contributed by atoms with Crippen molar-refractivity contribution in [2.75, 3.05) is 6.61 Å². The second-order valence-electron chi connectivity index (χ2n) is 7.50. The quantitative estimate of drug-likeness (QED) is 0.602. The summed E-state index contributed by atoms with van der Waals surface area (Å²) < 4.78 is 19.2. The standard InChI is InChI=1S/C22H20N2O5S/c1-4-27-20(26)17-18-14-7-5-6-8-15(14)29-22(17,3)23-21-24(18)19(25)16(30-21)11-13-10-9-12(2)28-13/h5-11,17-18H,4H2,1-3H3/b16-11+/t17-,18+,22+/m0/s1. The molecule has 0 spiro atoms. The first kappa shape index (κ1) is 18.9. The topological polar surface area (TPSA) is 83.0 Å². The largest absolute Gasteiger partial charge is 0.466 e. The minimum Gasteiger partial charge on any atom is -0.466 e. The summed E-state index contributed by atoms with van der Waals surface area (Å²) >= 11 is 1.26. The monoisotopic (exact) mass is 424 g/mol. The van der Waals surface area contributed by atoms with E-state index < -0.39 is 23.7 Å². The second kappa shape index (κ2) is 6.70. The number of hydrogen-bond acceptors (Lipinski definition) is 7. The van der Waals surface area contributed by atoms with Crippen molar-refractivity contribution in [2.45, 2.75) is 32.5 Å². The van der Waals surface area contributed by atoms with Crippen molar-refractivity contribution >= 4 is 23.4 Å². The van der Waals surface area contributed by atoms with E-state index in [0.717, 1.165) is 11.3 Å². The van der Waals surface area contributed by atoms with Gasteiger partial charge in [-0.05, 0) is 39.0 Å². The summed E-state index contributed by atoms with van der Waals surface area (Å²) in [5.74, 6) is 0.771. The van der Waals surface area contributed by atoms with E-state index >= 15 is 0 Å². The smallest absolute Gasteiger partial charge is 0.317 e. The fraction of sp³-hybridized carbons (Fsp3) is 0.318. The fourth-order valence-corrected chi connectivity index (χ4v) is 5.28. The van der Waals surface area contributed by atoms with Gasteiger partial charge in [0.25, 0.3) is 5.56 Å². The molecule has 5 rings (SSSR count). The van der Waals surface area contributed by atoms with Crippen molar-refractivity contribution in [1.82, 2.24) is 4.57 Å². The maximum Gasteiger partial charge on any atom is 0.317 e. The molecule has 0 N–H and O–H groups in total. The molecule has 154 valence electrons. The van der Waals surface area contributed by atoms with Crippen LogP contribution in [0.4, 0.5) is 0 Å². The van der Waals surface area contributed by atoms with Crippen molar-refractivity contribution in [3.8, 4) is 5.75 Å². The Kier molecular flexibility index (Phi) is 4.21. The predicted octanol–water partition coefficient (Wildman–Crippen LogP) is 2.15. The third-order valence-corrected chi connectivity index (χ3v) is 6.44. The van der Waals surface area contributed by atoms with E-state index in [-0.39, 0.29) is 12.2 Å². The zero-order valence-corrected chi connectivity index (χ0v) is 17.6. The third-order valence-electron chi connectivity index (χ3n) is 5.45. The number of rotatable bonds is 3. The normalized spacial score (nSPS) is 24.4. The van der Waals surface area contributed by atoms with E-state index in [2.05, 4.69) is 0 Å². The lowest BCUT2D eigenvalue weighted by molar-refractivity contribution is -0.160. The van der Waals surface area contributed by atoms with Crippen molar-refractivity contribution in [3.63, 3.8) is 0 Å². The third kappa shape index (κ3) is 2.74. The molecule has 8 heteroatoms. The summed E-state index contributed by atoms with van der Waals surface area (Å²) in [5.41, 5.74) is -0.614. The lowest BCUT2D eigenvalue weighted by Gasteiger charge is -2.44. The number of thiazole rings is 1. The molecule has 0 saturated carbocycles. The number of carbonyl (C=O) groups is 1. The van der Waals surface area contributed by atoms with Crippen molar-refractivity contribution < 1.29 is 18.7 Å². The Hall–Kier alpha value is -3.13. The molecule has 0 unspecified atom stereocenters. The van der Waals surface area contributed by atoms with Crippen molar-refractivity contribution in [1.29, 1.82) is 0 Å². The van der Waals surface area contributed by atoms with Gasteiger partial charge in [-0.3, -0.25) is 14.2 Å². The molecule has 4 heterocycles. The number of nitrogens with zero attached hydrogens (tertiary/aromatic N) is 2. The molecular weight excluding hydrogens is 404 g/mol. The van der Waals surface area contributed by atoms with E-state index in [9.17, 15) is 9.59 Å². The van der Waals surface area contributed by atoms with Crippen LogP contribution in [-0.2, 0) is 9.53 Å². The highest BCUT2D eigenvalue weighted by Gasteiger charge is 2.55. The van der Waals surface area contributed by atoms with Crippen LogP contribution in [0.2, 0.25) is 0 Å². The van der Waals surface area contributed by atoms with Gasteiger partial charge in [0.2, 0.25) is 5.72 Å². The van der Waals surface area contributed by atoms with Crippen LogP contribution >= 0.6 is 11.3 Å². The van der Waals surface area contributed by atoms with Crippen LogP contribution in [0.15, 0.2) is 50.6 Å². The van der Waals surface area contributed by atoms with E-state index in [1.165, 1.54) is 11.3 Å². The first-order chi connectivity index (χ1) is 14.4. The number of carbonyl (C=O) groups excluding carboxylic acids is 1. The van der Waals surface area contributed by atoms with Gasteiger partial charge in [0.15, 0.2) is 4.80 Å². The molecule has 7 nitrogen and oxygen atoms in total. The molecule has 0 aliphatic carbocycles. The Bertz CT molecular complexity index is 1330. The molecule has 0 fully saturated rings. The van der Waals surface area contributed by atoms with Crippen molar-refractivity contribution in [3.05, 3.63) is 73.2 Å². The highest BCUT2D eigenvalue weighted by atomic mass is 32.1. The van der Waals surface area contributed by atoms with Crippen LogP contribution in [0.5, 0.6) is 5.75 Å². The number of benzene rings is 1. The minimum absolute atomic E-state index is 0.217. The Morgan fingerprint density at radius 1 is 1.33 bits per heavy atom. The summed E-state index contributed by atoms with van der Waals surface area (Å²) in [5, 5.41) is 0. The molecule has 0 radical (unpaired) electrons. The van der Waals surface area contributed by atoms with Crippen LogP contribution < -0.4 is 19.6 Å². The number of furan rings is 1. The first-order valence-corrected chi connectivity index (χ1v) is 10.6. The Labute approximate surface area is 175 Å². The highest BCUT2D eigenvalue weighted by Crippen LogP contribution is 2.47. The molecule has 2 aliphatic rings. The molecule has 2 aromatic heterocycles.